The topological polar surface area (TPSA) is 0 Å². The van der Waals surface area contributed by atoms with E-state index in [1.807, 2.05) is 24.3 Å². The van der Waals surface area contributed by atoms with Crippen molar-refractivity contribution >= 4 is 23.2 Å². The van der Waals surface area contributed by atoms with Gasteiger partial charge in [-0.05, 0) is 0 Å². The molecule has 0 spiro atoms. The van der Waals surface area contributed by atoms with Crippen molar-refractivity contribution in [2.75, 3.05) is 0 Å². The molecule has 0 bridgehead atoms. The van der Waals surface area contributed by atoms with E-state index >= 15 is 0 Å². The average Bonchev–Trinajstić information content (AvgIpc) is 2.02. The summed E-state index contributed by atoms with van der Waals surface area (Å²) in [4.78, 5) is 0. The Labute approximate surface area is 70.6 Å². The third kappa shape index (κ3) is 3.11. The van der Waals surface area contributed by atoms with Crippen LogP contribution in [0.1, 0.15) is 0 Å². The molecule has 1 aliphatic heterocycles. The van der Waals surface area contributed by atoms with Gasteiger partial charge in [0.2, 0.25) is 0 Å². The van der Waals surface area contributed by atoms with Crippen LogP contribution in [0.3, 0.4) is 0 Å². The first-order valence-corrected chi connectivity index (χ1v) is 6.35. The van der Waals surface area contributed by atoms with Gasteiger partial charge in [0.1, 0.15) is 0 Å². The average molecular weight is 215 g/mol. The van der Waals surface area contributed by atoms with E-state index in [2.05, 4.69) is 37.4 Å². The third-order valence-corrected chi connectivity index (χ3v) is 3.23. The van der Waals surface area contributed by atoms with Crippen LogP contribution in [0.4, 0.5) is 0 Å². The van der Waals surface area contributed by atoms with Crippen LogP contribution in [-0.4, -0.2) is 14.4 Å². The van der Waals surface area contributed by atoms with Crippen LogP contribution < -0.4 is 0 Å². The molecule has 0 aromatic heterocycles. The van der Waals surface area contributed by atoms with Crippen LogP contribution in [0.15, 0.2) is 47.3 Å². The summed E-state index contributed by atoms with van der Waals surface area (Å²) in [6, 6.07) is 0. The number of hydrogen-bond donors (Lipinski definition) is 0. The van der Waals surface area contributed by atoms with Crippen LogP contribution in [0.5, 0.6) is 0 Å². The number of rotatable bonds is 0. The van der Waals surface area contributed by atoms with Crippen molar-refractivity contribution in [3.05, 3.63) is 47.3 Å². The first-order valence-electron chi connectivity index (χ1n) is 2.97. The van der Waals surface area contributed by atoms with E-state index in [4.69, 9.17) is 0 Å². The molecular weight excluding hydrogens is 207 g/mol. The normalized spacial score (nSPS) is 31.2. The molecule has 2 heteroatoms. The first kappa shape index (κ1) is 7.93. The zero-order valence-corrected chi connectivity index (χ0v) is 7.96. The summed E-state index contributed by atoms with van der Waals surface area (Å²) in [5, 5.41) is 4.28. The van der Waals surface area contributed by atoms with Gasteiger partial charge in [-0.2, -0.15) is 0 Å². The van der Waals surface area contributed by atoms with Crippen molar-refractivity contribution in [2.24, 2.45) is 0 Å². The standard InChI is InChI=1S/C8H8SSe/c10-9-7-5-3-1-2-4-6-8-9/h1-8H/b3-1-,4-2-,7-5-,8-6-. The Kier molecular flexibility index (Phi) is 3.66. The third-order valence-electron chi connectivity index (χ3n) is 0.981. The van der Waals surface area contributed by atoms with Gasteiger partial charge in [0.05, 0.1) is 0 Å². The zero-order valence-electron chi connectivity index (χ0n) is 5.44. The Morgan fingerprint density at radius 2 is 1.10 bits per heavy atom. The van der Waals surface area contributed by atoms with Crippen LogP contribution in [0.25, 0.3) is 0 Å². The molecule has 0 nitrogen and oxygen atoms in total. The summed E-state index contributed by atoms with van der Waals surface area (Å²) < 4.78 is 0. The number of hydrogen-bond acceptors (Lipinski definition) is 0. The summed E-state index contributed by atoms with van der Waals surface area (Å²) in [5.74, 6) is 0. The molecule has 0 aromatic rings. The molecule has 1 rings (SSSR count). The summed E-state index contributed by atoms with van der Waals surface area (Å²) in [6.45, 7) is 0. The Hall–Kier alpha value is -0.171. The van der Waals surface area contributed by atoms with Crippen LogP contribution >= 0.6 is 8.82 Å². The maximum absolute atomic E-state index is 3.06. The molecule has 0 saturated carbocycles. The molecule has 0 saturated heterocycles. The van der Waals surface area contributed by atoms with E-state index in [9.17, 15) is 0 Å². The predicted octanol–water partition coefficient (Wildman–Crippen LogP) is 2.49. The van der Waals surface area contributed by atoms with E-state index in [-0.39, 0.29) is 8.82 Å². The van der Waals surface area contributed by atoms with E-state index in [0.29, 0.717) is 0 Å². The Morgan fingerprint density at radius 1 is 0.700 bits per heavy atom. The SMILES string of the molecule is [Se]=S1\C=C/C=C\C=C/C=C\1. The van der Waals surface area contributed by atoms with Crippen LogP contribution in [-0.2, 0) is 0 Å². The summed E-state index contributed by atoms with van der Waals surface area (Å²) in [5.41, 5.74) is 0. The molecule has 0 fully saturated rings. The fourth-order valence-corrected chi connectivity index (χ4v) is 1.94. The minimum absolute atomic E-state index is 0.182. The molecule has 0 radical (unpaired) electrons. The molecule has 1 aliphatic rings. The Balaban J connectivity index is 2.80. The number of allylic oxidation sites excluding steroid dienone is 6. The van der Waals surface area contributed by atoms with Crippen molar-refractivity contribution in [3.8, 4) is 0 Å². The summed E-state index contributed by atoms with van der Waals surface area (Å²) in [6.07, 6.45) is 12.2. The van der Waals surface area contributed by atoms with Crippen molar-refractivity contribution in [2.45, 2.75) is 0 Å². The molecule has 1 heterocycles. The molecule has 10 heavy (non-hydrogen) atoms. The van der Waals surface area contributed by atoms with Gasteiger partial charge in [-0.25, -0.2) is 0 Å². The van der Waals surface area contributed by atoms with E-state index in [1.165, 1.54) is 0 Å². The van der Waals surface area contributed by atoms with Gasteiger partial charge >= 0.3 is 70.5 Å². The van der Waals surface area contributed by atoms with Gasteiger partial charge in [-0.15, -0.1) is 0 Å². The zero-order chi connectivity index (χ0) is 7.23. The van der Waals surface area contributed by atoms with Crippen molar-refractivity contribution in [1.82, 2.24) is 0 Å². The first-order chi connectivity index (χ1) is 4.89. The quantitative estimate of drug-likeness (QED) is 0.544. The van der Waals surface area contributed by atoms with Gasteiger partial charge in [0.25, 0.3) is 0 Å². The fraction of sp³-hybridized carbons (Fsp3) is 0. The predicted molar refractivity (Wildman–Crippen MR) is 49.9 cm³/mol. The minimum atomic E-state index is 0.182. The van der Waals surface area contributed by atoms with Crippen molar-refractivity contribution in [1.29, 1.82) is 0 Å². The molecule has 52 valence electrons. The van der Waals surface area contributed by atoms with Gasteiger partial charge in [0, 0.05) is 0 Å². The van der Waals surface area contributed by atoms with E-state index < -0.39 is 0 Å². The Bertz CT molecular complexity index is 210. The monoisotopic (exact) mass is 216 g/mol. The van der Waals surface area contributed by atoms with Crippen molar-refractivity contribution in [3.63, 3.8) is 0 Å². The van der Waals surface area contributed by atoms with E-state index in [1.54, 1.807) is 0 Å². The fourth-order valence-electron chi connectivity index (χ4n) is 0.548. The molecule has 0 aromatic carbocycles. The second kappa shape index (κ2) is 4.62. The summed E-state index contributed by atoms with van der Waals surface area (Å²) >= 11 is 3.06. The van der Waals surface area contributed by atoms with Gasteiger partial charge < -0.3 is 0 Å². The molecule has 0 aliphatic carbocycles. The van der Waals surface area contributed by atoms with Gasteiger partial charge in [-0.3, -0.25) is 0 Å². The van der Waals surface area contributed by atoms with Gasteiger partial charge in [0.15, 0.2) is 0 Å². The molecule has 0 amide bonds. The Morgan fingerprint density at radius 3 is 1.60 bits per heavy atom. The summed E-state index contributed by atoms with van der Waals surface area (Å²) in [7, 11) is 0.182. The van der Waals surface area contributed by atoms with E-state index in [0.717, 1.165) is 0 Å². The van der Waals surface area contributed by atoms with Crippen LogP contribution in [0, 0.1) is 0 Å². The second-order valence-corrected chi connectivity index (χ2v) is 5.38. The molecule has 0 N–H and O–H groups in total. The maximum atomic E-state index is 3.06. The van der Waals surface area contributed by atoms with Crippen LogP contribution in [0.2, 0.25) is 0 Å². The van der Waals surface area contributed by atoms with Gasteiger partial charge in [-0.1, -0.05) is 0 Å². The van der Waals surface area contributed by atoms with Crippen molar-refractivity contribution < 1.29 is 0 Å². The molecular formula is C8H8SSe. The molecule has 0 atom stereocenters. The second-order valence-electron chi connectivity index (χ2n) is 1.76. The molecule has 0 unspecified atom stereocenters.